The zero-order chi connectivity index (χ0) is 22.2. The highest BCUT2D eigenvalue weighted by Gasteiger charge is 2.24. The van der Waals surface area contributed by atoms with Gasteiger partial charge in [-0.05, 0) is 62.8 Å². The number of nitrogens with one attached hydrogen (secondary N) is 1. The first-order valence-electron chi connectivity index (χ1n) is 10.5. The first-order valence-corrected chi connectivity index (χ1v) is 10.8. The van der Waals surface area contributed by atoms with E-state index in [1.165, 1.54) is 12.1 Å². The molecule has 1 aliphatic rings. The maximum absolute atomic E-state index is 13.4. The fourth-order valence-corrected chi connectivity index (χ4v) is 3.79. The van der Waals surface area contributed by atoms with Crippen molar-refractivity contribution in [3.8, 4) is 11.5 Å². The third kappa shape index (κ3) is 7.55. The number of Topliss-reactive ketones (excluding diaryl/α,β-unsaturated/α-hetero) is 1. The molecule has 0 bridgehead atoms. The van der Waals surface area contributed by atoms with Gasteiger partial charge in [0.25, 0.3) is 5.91 Å². The summed E-state index contributed by atoms with van der Waals surface area (Å²) in [7, 11) is 0. The number of hydrogen-bond acceptors (Lipinski definition) is 4. The standard InChI is InChI=1S/C24H27ClFNO4/c1-16-2-8-20(9-3-16)30-14-19(28)12-17-4-6-18(7-5-17)27-24(29)15-31-21-10-11-22(25)23(26)13-21/h2-3,8-11,13,17-18H,4-7,12,14-15H2,1H3,(H,27,29). The van der Waals surface area contributed by atoms with E-state index in [1.807, 2.05) is 31.2 Å². The number of carbonyl (C=O) groups excluding carboxylic acids is 2. The SMILES string of the molecule is Cc1ccc(OCC(=O)CC2CCC(NC(=O)COc3ccc(Cl)c(F)c3)CC2)cc1. The van der Waals surface area contributed by atoms with Gasteiger partial charge in [0.15, 0.2) is 12.4 Å². The zero-order valence-corrected chi connectivity index (χ0v) is 18.3. The summed E-state index contributed by atoms with van der Waals surface area (Å²) in [5, 5.41) is 2.95. The number of ketones is 1. The molecule has 1 N–H and O–H groups in total. The first kappa shape index (κ1) is 23.1. The summed E-state index contributed by atoms with van der Waals surface area (Å²) in [5.41, 5.74) is 1.15. The van der Waals surface area contributed by atoms with Gasteiger partial charge in [-0.25, -0.2) is 4.39 Å². The topological polar surface area (TPSA) is 64.6 Å². The first-order chi connectivity index (χ1) is 14.9. The Labute approximate surface area is 186 Å². The monoisotopic (exact) mass is 447 g/mol. The Morgan fingerprint density at radius 2 is 1.65 bits per heavy atom. The lowest BCUT2D eigenvalue weighted by molar-refractivity contribution is -0.125. The van der Waals surface area contributed by atoms with Gasteiger partial charge in [-0.1, -0.05) is 29.3 Å². The van der Waals surface area contributed by atoms with Gasteiger partial charge < -0.3 is 14.8 Å². The fraction of sp³-hybridized carbons (Fsp3) is 0.417. The van der Waals surface area contributed by atoms with Crippen molar-refractivity contribution in [2.45, 2.75) is 45.1 Å². The lowest BCUT2D eigenvalue weighted by atomic mass is 9.83. The molecule has 0 saturated heterocycles. The van der Waals surface area contributed by atoms with Crippen LogP contribution in [-0.2, 0) is 9.59 Å². The van der Waals surface area contributed by atoms with Crippen LogP contribution in [0.4, 0.5) is 4.39 Å². The van der Waals surface area contributed by atoms with Crippen LogP contribution in [-0.4, -0.2) is 30.9 Å². The van der Waals surface area contributed by atoms with Crippen LogP contribution in [0.1, 0.15) is 37.7 Å². The molecule has 0 aliphatic heterocycles. The average molecular weight is 448 g/mol. The van der Waals surface area contributed by atoms with Crippen molar-refractivity contribution in [1.29, 1.82) is 0 Å². The third-order valence-electron chi connectivity index (χ3n) is 5.41. The number of aryl methyl sites for hydroxylation is 1. The van der Waals surface area contributed by atoms with E-state index in [9.17, 15) is 14.0 Å². The predicted octanol–water partition coefficient (Wildman–Crippen LogP) is 4.88. The van der Waals surface area contributed by atoms with Gasteiger partial charge in [-0.2, -0.15) is 0 Å². The lowest BCUT2D eigenvalue weighted by Gasteiger charge is -2.28. The van der Waals surface area contributed by atoms with Crippen LogP contribution in [0.15, 0.2) is 42.5 Å². The second-order valence-corrected chi connectivity index (χ2v) is 8.40. The predicted molar refractivity (Wildman–Crippen MR) is 117 cm³/mol. The summed E-state index contributed by atoms with van der Waals surface area (Å²) < 4.78 is 24.3. The Kier molecular flexibility index (Phi) is 8.29. The molecule has 0 atom stereocenters. The number of halogens is 2. The second kappa shape index (κ2) is 11.1. The van der Waals surface area contributed by atoms with Gasteiger partial charge in [0, 0.05) is 18.5 Å². The molecule has 1 saturated carbocycles. The van der Waals surface area contributed by atoms with Crippen molar-refractivity contribution in [2.24, 2.45) is 5.92 Å². The van der Waals surface area contributed by atoms with Gasteiger partial charge in [-0.15, -0.1) is 0 Å². The molecule has 0 unspecified atom stereocenters. The van der Waals surface area contributed by atoms with E-state index < -0.39 is 5.82 Å². The van der Waals surface area contributed by atoms with Crippen molar-refractivity contribution < 1.29 is 23.5 Å². The molecule has 2 aromatic rings. The van der Waals surface area contributed by atoms with Gasteiger partial charge >= 0.3 is 0 Å². The van der Waals surface area contributed by atoms with Crippen molar-refractivity contribution in [2.75, 3.05) is 13.2 Å². The normalized spacial score (nSPS) is 18.3. The highest BCUT2D eigenvalue weighted by molar-refractivity contribution is 6.30. The molecule has 166 valence electrons. The Hall–Kier alpha value is -2.60. The van der Waals surface area contributed by atoms with Crippen molar-refractivity contribution >= 4 is 23.3 Å². The van der Waals surface area contributed by atoms with E-state index in [1.54, 1.807) is 0 Å². The number of benzene rings is 2. The maximum atomic E-state index is 13.4. The van der Waals surface area contributed by atoms with E-state index in [2.05, 4.69) is 5.32 Å². The summed E-state index contributed by atoms with van der Waals surface area (Å²) in [6.07, 6.45) is 3.89. The Morgan fingerprint density at radius 1 is 1.00 bits per heavy atom. The van der Waals surface area contributed by atoms with Crippen LogP contribution in [0.25, 0.3) is 0 Å². The molecular formula is C24H27ClFNO4. The van der Waals surface area contributed by atoms with Crippen molar-refractivity contribution in [3.63, 3.8) is 0 Å². The molecule has 0 heterocycles. The number of hydrogen-bond donors (Lipinski definition) is 1. The smallest absolute Gasteiger partial charge is 0.258 e. The molecular weight excluding hydrogens is 421 g/mol. The number of ether oxygens (including phenoxy) is 2. The molecule has 0 radical (unpaired) electrons. The maximum Gasteiger partial charge on any atom is 0.258 e. The summed E-state index contributed by atoms with van der Waals surface area (Å²) in [6, 6.07) is 11.8. The van der Waals surface area contributed by atoms with E-state index in [4.69, 9.17) is 21.1 Å². The number of rotatable bonds is 9. The van der Waals surface area contributed by atoms with Gasteiger partial charge in [0.2, 0.25) is 0 Å². The van der Waals surface area contributed by atoms with Crippen LogP contribution in [0.3, 0.4) is 0 Å². The lowest BCUT2D eigenvalue weighted by Crippen LogP contribution is -2.40. The van der Waals surface area contributed by atoms with Crippen LogP contribution in [0.2, 0.25) is 5.02 Å². The number of carbonyl (C=O) groups is 2. The van der Waals surface area contributed by atoms with Gasteiger partial charge in [-0.3, -0.25) is 9.59 Å². The van der Waals surface area contributed by atoms with Gasteiger partial charge in [0.1, 0.15) is 23.9 Å². The molecule has 5 nitrogen and oxygen atoms in total. The van der Waals surface area contributed by atoms with E-state index in [-0.39, 0.29) is 41.7 Å². The zero-order valence-electron chi connectivity index (χ0n) is 17.5. The number of amides is 1. The van der Waals surface area contributed by atoms with Crippen LogP contribution >= 0.6 is 11.6 Å². The summed E-state index contributed by atoms with van der Waals surface area (Å²) in [4.78, 5) is 24.3. The summed E-state index contributed by atoms with van der Waals surface area (Å²) >= 11 is 5.63. The van der Waals surface area contributed by atoms with E-state index in [0.717, 1.165) is 37.3 Å². The molecule has 1 amide bonds. The Morgan fingerprint density at radius 3 is 2.32 bits per heavy atom. The van der Waals surface area contributed by atoms with Crippen molar-refractivity contribution in [1.82, 2.24) is 5.32 Å². The molecule has 2 aromatic carbocycles. The molecule has 1 fully saturated rings. The second-order valence-electron chi connectivity index (χ2n) is 7.99. The quantitative estimate of drug-likeness (QED) is 0.595. The average Bonchev–Trinajstić information content (AvgIpc) is 2.75. The minimum absolute atomic E-state index is 0.00811. The molecule has 7 heteroatoms. The van der Waals surface area contributed by atoms with Crippen LogP contribution in [0.5, 0.6) is 11.5 Å². The highest BCUT2D eigenvalue weighted by atomic mass is 35.5. The minimum atomic E-state index is -0.586. The summed E-state index contributed by atoms with van der Waals surface area (Å²) in [6.45, 7) is 1.90. The molecule has 31 heavy (non-hydrogen) atoms. The largest absolute Gasteiger partial charge is 0.486 e. The molecule has 3 rings (SSSR count). The fourth-order valence-electron chi connectivity index (χ4n) is 3.67. The van der Waals surface area contributed by atoms with Crippen LogP contribution < -0.4 is 14.8 Å². The Bertz CT molecular complexity index is 895. The Balaban J connectivity index is 1.32. The molecule has 1 aliphatic carbocycles. The molecule has 0 spiro atoms. The highest BCUT2D eigenvalue weighted by Crippen LogP contribution is 2.27. The van der Waals surface area contributed by atoms with Gasteiger partial charge in [0.05, 0.1) is 5.02 Å². The third-order valence-corrected chi connectivity index (χ3v) is 5.72. The minimum Gasteiger partial charge on any atom is -0.486 e. The summed E-state index contributed by atoms with van der Waals surface area (Å²) in [5.74, 6) is 0.534. The van der Waals surface area contributed by atoms with E-state index >= 15 is 0 Å². The van der Waals surface area contributed by atoms with E-state index in [0.29, 0.717) is 18.1 Å². The van der Waals surface area contributed by atoms with Crippen LogP contribution in [0, 0.1) is 18.7 Å². The molecule has 0 aromatic heterocycles. The van der Waals surface area contributed by atoms with Crippen molar-refractivity contribution in [3.05, 3.63) is 58.9 Å².